The molecule has 0 bridgehead atoms. The maximum Gasteiger partial charge on any atom is 0.151 e. The van der Waals surface area contributed by atoms with Gasteiger partial charge in [-0.25, -0.2) is 8.42 Å². The van der Waals surface area contributed by atoms with Crippen LogP contribution in [0.25, 0.3) is 0 Å². The van der Waals surface area contributed by atoms with Crippen LogP contribution in [-0.2, 0) is 14.6 Å². The van der Waals surface area contributed by atoms with E-state index < -0.39 is 9.84 Å². The predicted octanol–water partition coefficient (Wildman–Crippen LogP) is 0.818. The molecule has 0 aromatic heterocycles. The first-order valence-electron chi connectivity index (χ1n) is 6.75. The van der Waals surface area contributed by atoms with E-state index in [1.807, 2.05) is 11.8 Å². The van der Waals surface area contributed by atoms with Gasteiger partial charge in [0, 0.05) is 24.4 Å². The zero-order chi connectivity index (χ0) is 12.6. The molecule has 0 aromatic carbocycles. The molecule has 3 aliphatic heterocycles. The first-order chi connectivity index (χ1) is 8.57. The van der Waals surface area contributed by atoms with Gasteiger partial charge in [0.15, 0.2) is 9.84 Å². The molecule has 3 saturated heterocycles. The Morgan fingerprint density at radius 1 is 1.28 bits per heavy atom. The predicted molar refractivity (Wildman–Crippen MR) is 73.8 cm³/mol. The molecular weight excluding hydrogens is 270 g/mol. The number of hydrogen-bond acceptors (Lipinski definition) is 5. The fourth-order valence-corrected chi connectivity index (χ4v) is 6.36. The summed E-state index contributed by atoms with van der Waals surface area (Å²) >= 11 is 1.98. The first-order valence-corrected chi connectivity index (χ1v) is 9.73. The summed E-state index contributed by atoms with van der Waals surface area (Å²) in [7, 11) is -2.77. The van der Waals surface area contributed by atoms with E-state index in [1.165, 1.54) is 5.75 Å². The van der Waals surface area contributed by atoms with Crippen LogP contribution in [0.15, 0.2) is 0 Å². The zero-order valence-electron chi connectivity index (χ0n) is 10.6. The highest BCUT2D eigenvalue weighted by Gasteiger charge is 2.41. The number of ether oxygens (including phenoxy) is 1. The molecule has 1 spiro atoms. The Labute approximate surface area is 113 Å². The summed E-state index contributed by atoms with van der Waals surface area (Å²) in [4.78, 5) is 0. The number of hydrogen-bond donors (Lipinski definition) is 1. The lowest BCUT2D eigenvalue weighted by atomic mass is 9.89. The van der Waals surface area contributed by atoms with Crippen LogP contribution < -0.4 is 5.32 Å². The molecule has 3 unspecified atom stereocenters. The molecule has 104 valence electrons. The second-order valence-electron chi connectivity index (χ2n) is 5.79. The van der Waals surface area contributed by atoms with Crippen molar-refractivity contribution in [2.24, 2.45) is 0 Å². The Balaban J connectivity index is 1.57. The molecule has 0 amide bonds. The molecule has 18 heavy (non-hydrogen) atoms. The monoisotopic (exact) mass is 291 g/mol. The lowest BCUT2D eigenvalue weighted by Gasteiger charge is -2.39. The highest BCUT2D eigenvalue weighted by molar-refractivity contribution is 7.99. The van der Waals surface area contributed by atoms with Gasteiger partial charge in [0.1, 0.15) is 0 Å². The van der Waals surface area contributed by atoms with Crippen molar-refractivity contribution >= 4 is 21.6 Å². The zero-order valence-corrected chi connectivity index (χ0v) is 12.2. The molecular formula is C12H21NO3S2. The quantitative estimate of drug-likeness (QED) is 0.816. The normalized spacial score (nSPS) is 43.6. The summed E-state index contributed by atoms with van der Waals surface area (Å²) in [6, 6.07) is 0.611. The standard InChI is InChI=1S/C12H21NO3S2/c14-18(15)6-2-11(8-18)13-10-1-4-16-12(7-10)3-5-17-9-12/h10-11,13H,1-9H2. The second kappa shape index (κ2) is 4.96. The van der Waals surface area contributed by atoms with Crippen LogP contribution in [0, 0.1) is 0 Å². The van der Waals surface area contributed by atoms with Gasteiger partial charge in [0.2, 0.25) is 0 Å². The molecule has 6 heteroatoms. The van der Waals surface area contributed by atoms with Crippen LogP contribution in [0.5, 0.6) is 0 Å². The van der Waals surface area contributed by atoms with E-state index in [2.05, 4.69) is 5.32 Å². The molecule has 3 fully saturated rings. The molecule has 0 aliphatic carbocycles. The summed E-state index contributed by atoms with van der Waals surface area (Å²) in [6.07, 6.45) is 4.00. The summed E-state index contributed by atoms with van der Waals surface area (Å²) in [6.45, 7) is 0.817. The minimum absolute atomic E-state index is 0.0814. The fourth-order valence-electron chi connectivity index (χ4n) is 3.29. The van der Waals surface area contributed by atoms with Crippen molar-refractivity contribution in [1.29, 1.82) is 0 Å². The fraction of sp³-hybridized carbons (Fsp3) is 1.00. The van der Waals surface area contributed by atoms with Crippen molar-refractivity contribution in [2.75, 3.05) is 29.6 Å². The number of thioether (sulfide) groups is 1. The van der Waals surface area contributed by atoms with Crippen LogP contribution in [0.1, 0.15) is 25.7 Å². The van der Waals surface area contributed by atoms with Crippen molar-refractivity contribution in [3.05, 3.63) is 0 Å². The molecule has 3 rings (SSSR count). The average molecular weight is 291 g/mol. The molecule has 0 aromatic rings. The molecule has 0 radical (unpaired) electrons. The van der Waals surface area contributed by atoms with Gasteiger partial charge in [0.25, 0.3) is 0 Å². The maximum absolute atomic E-state index is 11.5. The number of sulfone groups is 1. The van der Waals surface area contributed by atoms with Crippen LogP contribution >= 0.6 is 11.8 Å². The largest absolute Gasteiger partial charge is 0.374 e. The maximum atomic E-state index is 11.5. The van der Waals surface area contributed by atoms with E-state index in [4.69, 9.17) is 4.74 Å². The third-order valence-electron chi connectivity index (χ3n) is 4.26. The smallest absolute Gasteiger partial charge is 0.151 e. The van der Waals surface area contributed by atoms with E-state index >= 15 is 0 Å². The highest BCUT2D eigenvalue weighted by atomic mass is 32.2. The Kier molecular flexibility index (Phi) is 3.64. The van der Waals surface area contributed by atoms with E-state index in [0.717, 1.165) is 38.0 Å². The SMILES string of the molecule is O=S1(=O)CCC(NC2CCOC3(CCSC3)C2)C1. The lowest BCUT2D eigenvalue weighted by molar-refractivity contribution is -0.0710. The Hall–Kier alpha value is 0.220. The number of rotatable bonds is 2. The van der Waals surface area contributed by atoms with E-state index in [9.17, 15) is 8.42 Å². The highest BCUT2D eigenvalue weighted by Crippen LogP contribution is 2.38. The van der Waals surface area contributed by atoms with Gasteiger partial charge in [-0.1, -0.05) is 0 Å². The van der Waals surface area contributed by atoms with Crippen LogP contribution in [-0.4, -0.2) is 55.7 Å². The van der Waals surface area contributed by atoms with Crippen molar-refractivity contribution in [2.45, 2.75) is 43.4 Å². The Morgan fingerprint density at radius 2 is 2.17 bits per heavy atom. The van der Waals surface area contributed by atoms with Gasteiger partial charge in [-0.2, -0.15) is 11.8 Å². The Morgan fingerprint density at radius 3 is 2.83 bits per heavy atom. The van der Waals surface area contributed by atoms with Gasteiger partial charge < -0.3 is 10.1 Å². The summed E-state index contributed by atoms with van der Waals surface area (Å²) < 4.78 is 28.9. The molecule has 0 saturated carbocycles. The molecule has 1 N–H and O–H groups in total. The van der Waals surface area contributed by atoms with Crippen LogP contribution in [0.2, 0.25) is 0 Å². The van der Waals surface area contributed by atoms with Crippen LogP contribution in [0.4, 0.5) is 0 Å². The van der Waals surface area contributed by atoms with Crippen molar-refractivity contribution in [3.8, 4) is 0 Å². The van der Waals surface area contributed by atoms with Gasteiger partial charge in [0.05, 0.1) is 17.1 Å². The van der Waals surface area contributed by atoms with E-state index in [-0.39, 0.29) is 11.6 Å². The van der Waals surface area contributed by atoms with Crippen molar-refractivity contribution < 1.29 is 13.2 Å². The van der Waals surface area contributed by atoms with Crippen molar-refractivity contribution in [3.63, 3.8) is 0 Å². The molecule has 3 heterocycles. The van der Waals surface area contributed by atoms with E-state index in [0.29, 0.717) is 17.5 Å². The summed E-state index contributed by atoms with van der Waals surface area (Å²) in [5, 5.41) is 3.56. The lowest BCUT2D eigenvalue weighted by Crippen LogP contribution is -2.50. The minimum atomic E-state index is -2.77. The van der Waals surface area contributed by atoms with Gasteiger partial charge in [-0.3, -0.25) is 0 Å². The first kappa shape index (κ1) is 13.2. The summed E-state index contributed by atoms with van der Waals surface area (Å²) in [5.41, 5.74) is 0.0814. The molecule has 3 atom stereocenters. The van der Waals surface area contributed by atoms with Crippen molar-refractivity contribution in [1.82, 2.24) is 5.32 Å². The topological polar surface area (TPSA) is 55.4 Å². The van der Waals surface area contributed by atoms with Gasteiger partial charge in [-0.15, -0.1) is 0 Å². The van der Waals surface area contributed by atoms with Gasteiger partial charge >= 0.3 is 0 Å². The second-order valence-corrected chi connectivity index (χ2v) is 9.12. The average Bonchev–Trinajstić information content (AvgIpc) is 2.87. The van der Waals surface area contributed by atoms with E-state index in [1.54, 1.807) is 0 Å². The van der Waals surface area contributed by atoms with Crippen LogP contribution in [0.3, 0.4) is 0 Å². The number of nitrogens with one attached hydrogen (secondary N) is 1. The van der Waals surface area contributed by atoms with Gasteiger partial charge in [-0.05, 0) is 31.4 Å². The third-order valence-corrected chi connectivity index (χ3v) is 7.25. The molecule has 4 nitrogen and oxygen atoms in total. The summed E-state index contributed by atoms with van der Waals surface area (Å²) in [5.74, 6) is 2.99. The minimum Gasteiger partial charge on any atom is -0.374 e. The molecule has 3 aliphatic rings. The third kappa shape index (κ3) is 2.86. The Bertz CT molecular complexity index is 404.